The van der Waals surface area contributed by atoms with E-state index < -0.39 is 7.12 Å². The smallest absolute Gasteiger partial charge is 0.520 e. The van der Waals surface area contributed by atoms with E-state index in [-0.39, 0.29) is 0 Å². The Hall–Kier alpha value is -5.28. The zero-order valence-electron chi connectivity index (χ0n) is 22.4. The molecule has 0 spiro atoms. The highest BCUT2D eigenvalue weighted by Gasteiger charge is 2.34. The average Bonchev–Trinajstić information content (AvgIpc) is 3.36. The van der Waals surface area contributed by atoms with Crippen LogP contribution < -0.4 is 5.46 Å². The van der Waals surface area contributed by atoms with Crippen LogP contribution in [-0.2, 0) is 9.31 Å². The molecule has 1 aliphatic rings. The monoisotopic (exact) mass is 524 g/mol. The summed E-state index contributed by atoms with van der Waals surface area (Å²) in [7, 11) is -0.505. The van der Waals surface area contributed by atoms with Crippen molar-refractivity contribution in [1.29, 1.82) is 0 Å². The third-order valence-electron chi connectivity index (χ3n) is 8.20. The molecule has 0 atom stereocenters. The summed E-state index contributed by atoms with van der Waals surface area (Å²) >= 11 is 0. The molecule has 1 fully saturated rings. The van der Waals surface area contributed by atoms with Crippen molar-refractivity contribution in [2.45, 2.75) is 0 Å². The topological polar surface area (TPSA) is 18.5 Å². The van der Waals surface area contributed by atoms with Crippen molar-refractivity contribution < 1.29 is 9.31 Å². The maximum absolute atomic E-state index is 5.75. The maximum Gasteiger partial charge on any atom is 0.632 e. The lowest BCUT2D eigenvalue weighted by Crippen LogP contribution is -2.31. The molecule has 1 heterocycles. The molecule has 0 amide bonds. The summed E-state index contributed by atoms with van der Waals surface area (Å²) in [6, 6.07) is 46.0. The van der Waals surface area contributed by atoms with Gasteiger partial charge >= 0.3 is 7.12 Å². The molecule has 41 heavy (non-hydrogen) atoms. The van der Waals surface area contributed by atoms with Crippen molar-refractivity contribution in [2.24, 2.45) is 0 Å². The molecule has 0 radical (unpaired) electrons. The van der Waals surface area contributed by atoms with Crippen LogP contribution in [0.1, 0.15) is 0 Å². The maximum atomic E-state index is 5.75. The molecule has 0 saturated carbocycles. The molecule has 8 rings (SSSR count). The molecule has 1 saturated heterocycles. The molecular formula is C38H25BO2. The summed E-state index contributed by atoms with van der Waals surface area (Å²) in [6.07, 6.45) is 0. The fourth-order valence-electron chi connectivity index (χ4n) is 6.21. The first kappa shape index (κ1) is 23.6. The van der Waals surface area contributed by atoms with E-state index in [0.29, 0.717) is 11.5 Å². The molecule has 1 aliphatic heterocycles. The van der Waals surface area contributed by atoms with Gasteiger partial charge in [0.2, 0.25) is 0 Å². The Labute approximate surface area is 238 Å². The van der Waals surface area contributed by atoms with Crippen LogP contribution in [0, 0.1) is 0 Å². The van der Waals surface area contributed by atoms with Crippen molar-refractivity contribution in [2.75, 3.05) is 0 Å². The van der Waals surface area contributed by atoms with Crippen LogP contribution in [0.5, 0.6) is 0 Å². The molecule has 3 heteroatoms. The lowest BCUT2D eigenvalue weighted by atomic mass is 9.78. The second-order valence-corrected chi connectivity index (χ2v) is 10.6. The minimum Gasteiger partial charge on any atom is -0.520 e. The second kappa shape index (κ2) is 9.14. The molecule has 2 nitrogen and oxygen atoms in total. The van der Waals surface area contributed by atoms with Crippen LogP contribution in [0.2, 0.25) is 0 Å². The first-order valence-electron chi connectivity index (χ1n) is 13.8. The van der Waals surface area contributed by atoms with Crippen LogP contribution in [-0.4, -0.2) is 7.12 Å². The van der Waals surface area contributed by atoms with Crippen LogP contribution in [0.15, 0.2) is 152 Å². The van der Waals surface area contributed by atoms with Crippen molar-refractivity contribution in [1.82, 2.24) is 0 Å². The summed E-state index contributed by atoms with van der Waals surface area (Å²) in [5.41, 5.74) is 5.89. The lowest BCUT2D eigenvalue weighted by molar-refractivity contribution is 0.431. The SMILES string of the molecule is C=C1OB(c2ccc3cc(-c4c5ccccc5c(-c5ccc6ccccc6c5)c5ccccc45)ccc3c2)OC1=C. The van der Waals surface area contributed by atoms with Crippen molar-refractivity contribution in [3.05, 3.63) is 152 Å². The third-order valence-corrected chi connectivity index (χ3v) is 8.20. The van der Waals surface area contributed by atoms with Crippen molar-refractivity contribution in [3.8, 4) is 22.3 Å². The van der Waals surface area contributed by atoms with Gasteiger partial charge in [-0.15, -0.1) is 0 Å². The van der Waals surface area contributed by atoms with Crippen molar-refractivity contribution in [3.63, 3.8) is 0 Å². The Balaban J connectivity index is 1.33. The summed E-state index contributed by atoms with van der Waals surface area (Å²) in [5.74, 6) is 0.965. The summed E-state index contributed by atoms with van der Waals surface area (Å²) in [4.78, 5) is 0. The van der Waals surface area contributed by atoms with E-state index in [1.807, 2.05) is 0 Å². The molecule has 0 N–H and O–H groups in total. The summed E-state index contributed by atoms with van der Waals surface area (Å²) in [5, 5.41) is 9.78. The minimum atomic E-state index is -0.505. The van der Waals surface area contributed by atoms with Gasteiger partial charge in [0.05, 0.1) is 0 Å². The van der Waals surface area contributed by atoms with Gasteiger partial charge in [-0.2, -0.15) is 0 Å². The highest BCUT2D eigenvalue weighted by molar-refractivity contribution is 6.63. The standard InChI is InChI=1S/C38H25BO2/c1-24-25(2)41-39(40-24)32-20-19-28-22-31(18-16-29(28)23-32)38-35-13-7-5-11-33(35)37(34-12-6-8-14-36(34)38)30-17-15-26-9-3-4-10-27(26)21-30/h3-23H,1-2H2. The Bertz CT molecular complexity index is 2140. The lowest BCUT2D eigenvalue weighted by Gasteiger charge is -2.18. The van der Waals surface area contributed by atoms with E-state index in [9.17, 15) is 0 Å². The first-order valence-corrected chi connectivity index (χ1v) is 13.8. The van der Waals surface area contributed by atoms with Gasteiger partial charge in [-0.1, -0.05) is 128 Å². The van der Waals surface area contributed by atoms with Crippen molar-refractivity contribution >= 4 is 55.7 Å². The highest BCUT2D eigenvalue weighted by atomic mass is 16.6. The molecular weight excluding hydrogens is 499 g/mol. The minimum absolute atomic E-state index is 0.483. The summed E-state index contributed by atoms with van der Waals surface area (Å²) < 4.78 is 11.5. The Kier molecular flexibility index (Phi) is 5.26. The van der Waals surface area contributed by atoms with Crippen LogP contribution in [0.4, 0.5) is 0 Å². The zero-order valence-corrected chi connectivity index (χ0v) is 22.4. The third kappa shape index (κ3) is 3.82. The quantitative estimate of drug-likeness (QED) is 0.169. The van der Waals surface area contributed by atoms with Gasteiger partial charge in [-0.3, -0.25) is 0 Å². The molecule has 7 aromatic rings. The molecule has 0 unspecified atom stereocenters. The van der Waals surface area contributed by atoms with Gasteiger partial charge in [0.25, 0.3) is 0 Å². The number of hydrogen-bond acceptors (Lipinski definition) is 2. The molecule has 7 aromatic carbocycles. The van der Waals surface area contributed by atoms with Gasteiger partial charge in [0.15, 0.2) is 0 Å². The van der Waals surface area contributed by atoms with E-state index in [1.165, 1.54) is 54.6 Å². The fraction of sp³-hybridized carbons (Fsp3) is 0. The fourth-order valence-corrected chi connectivity index (χ4v) is 6.21. The summed E-state index contributed by atoms with van der Waals surface area (Å²) in [6.45, 7) is 7.72. The van der Waals surface area contributed by atoms with E-state index >= 15 is 0 Å². The Morgan fingerprint density at radius 2 is 0.829 bits per heavy atom. The Morgan fingerprint density at radius 3 is 1.39 bits per heavy atom. The average molecular weight is 524 g/mol. The van der Waals surface area contributed by atoms with Gasteiger partial charge < -0.3 is 9.31 Å². The van der Waals surface area contributed by atoms with E-state index in [2.05, 4.69) is 141 Å². The largest absolute Gasteiger partial charge is 0.632 e. The van der Waals surface area contributed by atoms with Crippen LogP contribution >= 0.6 is 0 Å². The number of hydrogen-bond donors (Lipinski definition) is 0. The van der Waals surface area contributed by atoms with Gasteiger partial charge in [0, 0.05) is 5.46 Å². The molecule has 0 bridgehead atoms. The van der Waals surface area contributed by atoms with Crippen LogP contribution in [0.3, 0.4) is 0 Å². The zero-order chi connectivity index (χ0) is 27.5. The van der Waals surface area contributed by atoms with Gasteiger partial charge in [-0.25, -0.2) is 0 Å². The predicted molar refractivity (Wildman–Crippen MR) is 173 cm³/mol. The van der Waals surface area contributed by atoms with Crippen LogP contribution in [0.25, 0.3) is 65.3 Å². The van der Waals surface area contributed by atoms with E-state index in [0.717, 1.165) is 16.2 Å². The normalized spacial score (nSPS) is 13.3. The molecule has 192 valence electrons. The van der Waals surface area contributed by atoms with E-state index in [4.69, 9.17) is 9.31 Å². The van der Waals surface area contributed by atoms with E-state index in [1.54, 1.807) is 0 Å². The number of rotatable bonds is 3. The number of benzene rings is 7. The Morgan fingerprint density at radius 1 is 0.415 bits per heavy atom. The first-order chi connectivity index (χ1) is 20.1. The predicted octanol–water partition coefficient (Wildman–Crippen LogP) is 9.40. The molecule has 0 aromatic heterocycles. The highest BCUT2D eigenvalue weighted by Crippen LogP contribution is 2.44. The second-order valence-electron chi connectivity index (χ2n) is 10.6. The number of fused-ring (bicyclic) bond motifs is 4. The van der Waals surface area contributed by atoms with Gasteiger partial charge in [0.1, 0.15) is 11.5 Å². The molecule has 0 aliphatic carbocycles. The van der Waals surface area contributed by atoms with Gasteiger partial charge in [-0.05, 0) is 77.5 Å².